The molecule has 186 valence electrons. The van der Waals surface area contributed by atoms with Crippen LogP contribution in [0.25, 0.3) is 0 Å². The first-order valence-corrected chi connectivity index (χ1v) is 14.9. The maximum absolute atomic E-state index is 13.9. The van der Waals surface area contributed by atoms with Crippen molar-refractivity contribution in [1.29, 1.82) is 0 Å². The Morgan fingerprint density at radius 2 is 1.77 bits per heavy atom. The highest BCUT2D eigenvalue weighted by Gasteiger charge is 2.27. The van der Waals surface area contributed by atoms with Crippen LogP contribution in [0.15, 0.2) is 82.6 Å². The second-order valence-electron chi connectivity index (χ2n) is 7.85. The van der Waals surface area contributed by atoms with E-state index in [0.717, 1.165) is 33.2 Å². The summed E-state index contributed by atoms with van der Waals surface area (Å²) in [5.74, 6) is 0.748. The van der Waals surface area contributed by atoms with Crippen molar-refractivity contribution in [3.8, 4) is 0 Å². The zero-order chi connectivity index (χ0) is 25.3. The van der Waals surface area contributed by atoms with E-state index in [4.69, 9.17) is 0 Å². The molecule has 0 radical (unpaired) electrons. The highest BCUT2D eigenvalue weighted by Crippen LogP contribution is 2.26. The van der Waals surface area contributed by atoms with Crippen LogP contribution in [0.2, 0.25) is 0 Å². The molecule has 35 heavy (non-hydrogen) atoms. The minimum absolute atomic E-state index is 0.0416. The zero-order valence-electron chi connectivity index (χ0n) is 19.7. The van der Waals surface area contributed by atoms with Crippen LogP contribution in [0.3, 0.4) is 0 Å². The molecule has 0 heterocycles. The number of carbonyl (C=O) groups is 1. The Morgan fingerprint density at radius 3 is 2.46 bits per heavy atom. The summed E-state index contributed by atoms with van der Waals surface area (Å²) in [5.41, 5.74) is 2.65. The molecule has 1 N–H and O–H groups in total. The molecule has 0 saturated carbocycles. The smallest absolute Gasteiger partial charge is 0.264 e. The maximum atomic E-state index is 13.9. The van der Waals surface area contributed by atoms with Crippen molar-refractivity contribution in [1.82, 2.24) is 5.32 Å². The van der Waals surface area contributed by atoms with Gasteiger partial charge in [0.2, 0.25) is 5.91 Å². The molecule has 0 unspecified atom stereocenters. The van der Waals surface area contributed by atoms with Crippen LogP contribution in [-0.2, 0) is 20.6 Å². The van der Waals surface area contributed by atoms with Gasteiger partial charge in [0.1, 0.15) is 12.4 Å². The van der Waals surface area contributed by atoms with Crippen molar-refractivity contribution >= 4 is 45.1 Å². The third-order valence-corrected chi connectivity index (χ3v) is 8.96. The molecule has 3 aromatic rings. The second-order valence-corrected chi connectivity index (χ2v) is 11.7. The lowest BCUT2D eigenvalue weighted by Gasteiger charge is -2.24. The average Bonchev–Trinajstić information content (AvgIpc) is 2.85. The number of hydrogen-bond acceptors (Lipinski definition) is 5. The highest BCUT2D eigenvalue weighted by atomic mass is 32.2. The highest BCUT2D eigenvalue weighted by molar-refractivity contribution is 7.98. The normalized spacial score (nSPS) is 11.3. The van der Waals surface area contributed by atoms with Gasteiger partial charge in [-0.2, -0.15) is 11.8 Å². The first-order valence-electron chi connectivity index (χ1n) is 11.1. The molecule has 0 aliphatic heterocycles. The summed E-state index contributed by atoms with van der Waals surface area (Å²) < 4.78 is 41.6. The molecule has 0 fully saturated rings. The average molecular weight is 533 g/mol. The van der Waals surface area contributed by atoms with Crippen LogP contribution in [0.4, 0.5) is 10.1 Å². The van der Waals surface area contributed by atoms with Crippen molar-refractivity contribution in [3.05, 3.63) is 89.7 Å². The largest absolute Gasteiger partial charge is 0.354 e. The number of benzene rings is 3. The topological polar surface area (TPSA) is 66.5 Å². The van der Waals surface area contributed by atoms with E-state index < -0.39 is 28.3 Å². The van der Waals surface area contributed by atoms with Gasteiger partial charge in [0.05, 0.1) is 10.6 Å². The molecule has 0 spiro atoms. The Bertz CT molecular complexity index is 1230. The van der Waals surface area contributed by atoms with E-state index in [1.165, 1.54) is 53.2 Å². The molecule has 0 aromatic heterocycles. The van der Waals surface area contributed by atoms with Gasteiger partial charge < -0.3 is 5.32 Å². The summed E-state index contributed by atoms with van der Waals surface area (Å²) in [4.78, 5) is 13.6. The van der Waals surface area contributed by atoms with Crippen molar-refractivity contribution in [2.45, 2.75) is 28.9 Å². The van der Waals surface area contributed by atoms with Crippen molar-refractivity contribution < 1.29 is 17.6 Å². The number of hydrogen-bond donors (Lipinski definition) is 1. The van der Waals surface area contributed by atoms with Gasteiger partial charge in [-0.05, 0) is 78.9 Å². The Kier molecular flexibility index (Phi) is 10.1. The van der Waals surface area contributed by atoms with Gasteiger partial charge in [0.25, 0.3) is 10.0 Å². The summed E-state index contributed by atoms with van der Waals surface area (Å²) in [6.45, 7) is 2.08. The van der Waals surface area contributed by atoms with Crippen LogP contribution < -0.4 is 9.62 Å². The van der Waals surface area contributed by atoms with Gasteiger partial charge in [0.15, 0.2) is 0 Å². The maximum Gasteiger partial charge on any atom is 0.264 e. The predicted octanol–water partition coefficient (Wildman–Crippen LogP) is 5.49. The standard InChI is InChI=1S/C26H29FN2O3S3/c1-20-7-3-4-8-21(20)19-34-16-6-15-28-26(30)18-29(23-10-5-9-22(27)17-23)35(31,32)25-13-11-24(33-2)12-14-25/h3-5,7-14,17H,6,15-16,18-19H2,1-2H3,(H,28,30). The lowest BCUT2D eigenvalue weighted by Crippen LogP contribution is -2.41. The lowest BCUT2D eigenvalue weighted by molar-refractivity contribution is -0.119. The first kappa shape index (κ1) is 27.1. The molecule has 5 nitrogen and oxygen atoms in total. The molecule has 0 atom stereocenters. The summed E-state index contributed by atoms with van der Waals surface area (Å²) in [7, 11) is -4.07. The third kappa shape index (κ3) is 7.75. The number of sulfonamides is 1. The number of nitrogens with one attached hydrogen (secondary N) is 1. The van der Waals surface area contributed by atoms with E-state index in [9.17, 15) is 17.6 Å². The molecule has 1 amide bonds. The summed E-state index contributed by atoms with van der Waals surface area (Å²) >= 11 is 3.28. The number of rotatable bonds is 12. The van der Waals surface area contributed by atoms with Crippen LogP contribution in [-0.4, -0.2) is 39.4 Å². The molecule has 0 bridgehead atoms. The molecule has 3 rings (SSSR count). The number of nitrogens with zero attached hydrogens (tertiary/aromatic N) is 1. The van der Waals surface area contributed by atoms with E-state index in [1.807, 2.05) is 18.4 Å². The van der Waals surface area contributed by atoms with Crippen molar-refractivity contribution in [2.75, 3.05) is 29.4 Å². The van der Waals surface area contributed by atoms with Crippen LogP contribution >= 0.6 is 23.5 Å². The van der Waals surface area contributed by atoms with E-state index in [-0.39, 0.29) is 10.6 Å². The number of anilines is 1. The molecule has 9 heteroatoms. The fourth-order valence-electron chi connectivity index (χ4n) is 3.36. The molecule has 0 aliphatic rings. The zero-order valence-corrected chi connectivity index (χ0v) is 22.2. The first-order chi connectivity index (χ1) is 16.8. The van der Waals surface area contributed by atoms with Gasteiger partial charge in [-0.25, -0.2) is 12.8 Å². The molecule has 3 aromatic carbocycles. The number of aryl methyl sites for hydroxylation is 1. The Balaban J connectivity index is 1.61. The minimum atomic E-state index is -4.07. The molecule has 0 aliphatic carbocycles. The van der Waals surface area contributed by atoms with E-state index in [0.29, 0.717) is 6.54 Å². The summed E-state index contributed by atoms with van der Waals surface area (Å²) in [6.07, 6.45) is 2.65. The van der Waals surface area contributed by atoms with E-state index in [2.05, 4.69) is 24.4 Å². The van der Waals surface area contributed by atoms with Gasteiger partial charge >= 0.3 is 0 Å². The van der Waals surface area contributed by atoms with Crippen molar-refractivity contribution in [2.24, 2.45) is 0 Å². The van der Waals surface area contributed by atoms with Gasteiger partial charge in [-0.1, -0.05) is 30.3 Å². The fraction of sp³-hybridized carbons (Fsp3) is 0.269. The Labute approximate surface area is 215 Å². The number of carbonyl (C=O) groups excluding carboxylic acids is 1. The van der Waals surface area contributed by atoms with Crippen molar-refractivity contribution in [3.63, 3.8) is 0 Å². The predicted molar refractivity (Wildman–Crippen MR) is 144 cm³/mol. The van der Waals surface area contributed by atoms with Crippen LogP contribution in [0.1, 0.15) is 17.5 Å². The Morgan fingerprint density at radius 1 is 1.03 bits per heavy atom. The van der Waals surface area contributed by atoms with E-state index in [1.54, 1.807) is 23.9 Å². The number of thioether (sulfide) groups is 2. The number of amides is 1. The number of halogens is 1. The summed E-state index contributed by atoms with van der Waals surface area (Å²) in [5, 5.41) is 2.79. The quantitative estimate of drug-likeness (QED) is 0.247. The van der Waals surface area contributed by atoms with Gasteiger partial charge in [-0.3, -0.25) is 9.10 Å². The summed E-state index contributed by atoms with van der Waals surface area (Å²) in [6, 6.07) is 19.9. The second kappa shape index (κ2) is 13.0. The van der Waals surface area contributed by atoms with Crippen LogP contribution in [0.5, 0.6) is 0 Å². The van der Waals surface area contributed by atoms with Crippen LogP contribution in [0, 0.1) is 12.7 Å². The Hall–Kier alpha value is -2.49. The fourth-order valence-corrected chi connectivity index (χ4v) is 6.22. The lowest BCUT2D eigenvalue weighted by atomic mass is 10.1. The minimum Gasteiger partial charge on any atom is -0.354 e. The van der Waals surface area contributed by atoms with E-state index >= 15 is 0 Å². The molecular formula is C26H29FN2O3S3. The SMILES string of the molecule is CSc1ccc(S(=O)(=O)N(CC(=O)NCCCSCc2ccccc2C)c2cccc(F)c2)cc1. The third-order valence-electron chi connectivity index (χ3n) is 5.34. The monoisotopic (exact) mass is 532 g/mol. The molecular weight excluding hydrogens is 503 g/mol. The molecule has 0 saturated heterocycles. The van der Waals surface area contributed by atoms with Gasteiger partial charge in [-0.15, -0.1) is 11.8 Å². The van der Waals surface area contributed by atoms with Gasteiger partial charge in [0, 0.05) is 17.2 Å².